The van der Waals surface area contributed by atoms with E-state index in [0.29, 0.717) is 11.6 Å². The van der Waals surface area contributed by atoms with Crippen LogP contribution in [0, 0.1) is 0 Å². The predicted octanol–water partition coefficient (Wildman–Crippen LogP) is 2.88. The Balaban J connectivity index is 1.70. The Bertz CT molecular complexity index is 1100. The second-order valence-electron chi connectivity index (χ2n) is 8.38. The number of carbonyl (C=O) groups excluding carboxylic acids is 1. The minimum absolute atomic E-state index is 0.0812. The molecule has 1 aliphatic carbocycles. The molecular formula is C22H29N5O4S. The number of nitrogens with zero attached hydrogens (tertiary/aromatic N) is 2. The van der Waals surface area contributed by atoms with Gasteiger partial charge in [0.2, 0.25) is 0 Å². The van der Waals surface area contributed by atoms with E-state index in [1.807, 2.05) is 12.1 Å². The summed E-state index contributed by atoms with van der Waals surface area (Å²) in [6.07, 6.45) is 7.37. The molecule has 9 nitrogen and oxygen atoms in total. The first-order chi connectivity index (χ1) is 15.4. The number of nitrogens with two attached hydrogens (primary N) is 1. The lowest BCUT2D eigenvalue weighted by Crippen LogP contribution is -2.37. The summed E-state index contributed by atoms with van der Waals surface area (Å²) in [6.45, 7) is 3.62. The fourth-order valence-electron chi connectivity index (χ4n) is 4.18. The smallest absolute Gasteiger partial charge is 0.299 e. The zero-order valence-corrected chi connectivity index (χ0v) is 19.0. The molecule has 1 aliphatic heterocycles. The molecule has 172 valence electrons. The SMILES string of the molecule is CCCc1c(Nc2ncc(C3CC3)nc2C(=O)NS(N)(=O)=O)cccc1C1CCOCC1. The quantitative estimate of drug-likeness (QED) is 0.552. The highest BCUT2D eigenvalue weighted by atomic mass is 32.2. The highest BCUT2D eigenvalue weighted by Crippen LogP contribution is 2.39. The van der Waals surface area contributed by atoms with Gasteiger partial charge in [-0.05, 0) is 55.2 Å². The fourth-order valence-corrected chi connectivity index (χ4v) is 4.53. The van der Waals surface area contributed by atoms with Crippen LogP contribution >= 0.6 is 0 Å². The van der Waals surface area contributed by atoms with Gasteiger partial charge >= 0.3 is 0 Å². The van der Waals surface area contributed by atoms with Crippen LogP contribution < -0.4 is 15.2 Å². The first-order valence-corrected chi connectivity index (χ1v) is 12.6. The minimum atomic E-state index is -4.22. The lowest BCUT2D eigenvalue weighted by molar-refractivity contribution is 0.0851. The molecule has 4 rings (SSSR count). The van der Waals surface area contributed by atoms with Gasteiger partial charge in [0.1, 0.15) is 0 Å². The summed E-state index contributed by atoms with van der Waals surface area (Å²) in [4.78, 5) is 21.5. The maximum Gasteiger partial charge on any atom is 0.299 e. The van der Waals surface area contributed by atoms with Gasteiger partial charge in [0.05, 0.1) is 11.9 Å². The number of nitrogens with one attached hydrogen (secondary N) is 2. The molecule has 0 bridgehead atoms. The van der Waals surface area contributed by atoms with E-state index in [4.69, 9.17) is 9.88 Å². The van der Waals surface area contributed by atoms with Gasteiger partial charge in [-0.2, -0.15) is 8.42 Å². The van der Waals surface area contributed by atoms with Crippen LogP contribution in [-0.2, 0) is 21.4 Å². The third kappa shape index (κ3) is 5.43. The molecule has 1 saturated carbocycles. The van der Waals surface area contributed by atoms with Crippen molar-refractivity contribution in [2.45, 2.75) is 57.3 Å². The van der Waals surface area contributed by atoms with E-state index in [1.165, 1.54) is 11.1 Å². The Morgan fingerprint density at radius 3 is 2.59 bits per heavy atom. The third-order valence-electron chi connectivity index (χ3n) is 5.86. The van der Waals surface area contributed by atoms with Crippen molar-refractivity contribution < 1.29 is 17.9 Å². The fraction of sp³-hybridized carbons (Fsp3) is 0.500. The van der Waals surface area contributed by atoms with Crippen LogP contribution in [-0.4, -0.2) is 37.5 Å². The summed E-state index contributed by atoms with van der Waals surface area (Å²) in [6, 6.07) is 6.09. The Hall–Kier alpha value is -2.56. The molecule has 1 aromatic heterocycles. The van der Waals surface area contributed by atoms with Crippen LogP contribution in [0.15, 0.2) is 24.4 Å². The number of hydrogen-bond donors (Lipinski definition) is 3. The van der Waals surface area contributed by atoms with Crippen molar-refractivity contribution in [3.05, 3.63) is 46.9 Å². The lowest BCUT2D eigenvalue weighted by atomic mass is 9.86. The summed E-state index contributed by atoms with van der Waals surface area (Å²) in [5.41, 5.74) is 3.89. The first-order valence-electron chi connectivity index (χ1n) is 11.0. The van der Waals surface area contributed by atoms with Gasteiger partial charge in [-0.1, -0.05) is 25.5 Å². The van der Waals surface area contributed by atoms with Crippen LogP contribution in [0.1, 0.15) is 78.2 Å². The summed E-state index contributed by atoms with van der Waals surface area (Å²) in [5.74, 6) is -0.0229. The van der Waals surface area contributed by atoms with Crippen LogP contribution in [0.3, 0.4) is 0 Å². The van der Waals surface area contributed by atoms with Gasteiger partial charge in [0.15, 0.2) is 11.5 Å². The molecule has 2 heterocycles. The van der Waals surface area contributed by atoms with Crippen molar-refractivity contribution in [1.29, 1.82) is 0 Å². The highest BCUT2D eigenvalue weighted by molar-refractivity contribution is 7.87. The lowest BCUT2D eigenvalue weighted by Gasteiger charge is -2.26. The number of aromatic nitrogens is 2. The molecule has 1 aromatic carbocycles. The van der Waals surface area contributed by atoms with Gasteiger partial charge in [-0.25, -0.2) is 19.8 Å². The van der Waals surface area contributed by atoms with Crippen molar-refractivity contribution >= 4 is 27.6 Å². The van der Waals surface area contributed by atoms with E-state index in [2.05, 4.69) is 28.3 Å². The first kappa shape index (κ1) is 22.6. The molecule has 2 aliphatic rings. The molecule has 1 amide bonds. The third-order valence-corrected chi connectivity index (χ3v) is 6.33. The molecule has 0 unspecified atom stereocenters. The molecule has 0 atom stereocenters. The number of ether oxygens (including phenoxy) is 1. The monoisotopic (exact) mass is 459 g/mol. The van der Waals surface area contributed by atoms with Gasteiger partial charge < -0.3 is 10.1 Å². The zero-order chi connectivity index (χ0) is 22.7. The predicted molar refractivity (Wildman–Crippen MR) is 121 cm³/mol. The standard InChI is InChI=1S/C22H29N5O4S/c1-2-4-17-16(14-9-11-31-12-10-14)5-3-6-18(17)26-21-20(22(28)27-32(23,29)30)25-19(13-24-21)15-7-8-15/h3,5-6,13-15H,2,4,7-12H2,1H3,(H,24,26)(H,27,28)(H2,23,29,30). The molecule has 2 aromatic rings. The number of benzene rings is 1. The van der Waals surface area contributed by atoms with Gasteiger partial charge in [-0.15, -0.1) is 0 Å². The second kappa shape index (κ2) is 9.51. The van der Waals surface area contributed by atoms with Crippen molar-refractivity contribution in [3.8, 4) is 0 Å². The number of amides is 1. The second-order valence-corrected chi connectivity index (χ2v) is 9.67. The number of hydrogen-bond acceptors (Lipinski definition) is 7. The molecule has 0 spiro atoms. The average molecular weight is 460 g/mol. The largest absolute Gasteiger partial charge is 0.381 e. The number of carbonyl (C=O) groups is 1. The van der Waals surface area contributed by atoms with E-state index >= 15 is 0 Å². The van der Waals surface area contributed by atoms with E-state index < -0.39 is 16.1 Å². The zero-order valence-electron chi connectivity index (χ0n) is 18.1. The van der Waals surface area contributed by atoms with Crippen molar-refractivity contribution in [2.24, 2.45) is 5.14 Å². The molecule has 32 heavy (non-hydrogen) atoms. The normalized spacial score (nSPS) is 17.2. The van der Waals surface area contributed by atoms with E-state index in [-0.39, 0.29) is 17.4 Å². The average Bonchev–Trinajstić information content (AvgIpc) is 3.60. The Morgan fingerprint density at radius 1 is 1.19 bits per heavy atom. The van der Waals surface area contributed by atoms with E-state index in [1.54, 1.807) is 10.9 Å². The van der Waals surface area contributed by atoms with Crippen LogP contribution in [0.2, 0.25) is 0 Å². The Kier molecular flexibility index (Phi) is 6.73. The Labute approximate surface area is 188 Å². The van der Waals surface area contributed by atoms with Crippen LogP contribution in [0.5, 0.6) is 0 Å². The van der Waals surface area contributed by atoms with E-state index in [9.17, 15) is 13.2 Å². The summed E-state index contributed by atoms with van der Waals surface area (Å²) >= 11 is 0. The number of anilines is 2. The van der Waals surface area contributed by atoms with Crippen LogP contribution in [0.25, 0.3) is 0 Å². The minimum Gasteiger partial charge on any atom is -0.381 e. The van der Waals surface area contributed by atoms with Gasteiger partial charge in [-0.3, -0.25) is 4.79 Å². The highest BCUT2D eigenvalue weighted by Gasteiger charge is 2.29. The molecule has 2 fully saturated rings. The van der Waals surface area contributed by atoms with Gasteiger partial charge in [0.25, 0.3) is 16.1 Å². The van der Waals surface area contributed by atoms with Crippen molar-refractivity contribution in [2.75, 3.05) is 18.5 Å². The summed E-state index contributed by atoms with van der Waals surface area (Å²) < 4.78 is 30.2. The topological polar surface area (TPSA) is 136 Å². The Morgan fingerprint density at radius 2 is 1.94 bits per heavy atom. The summed E-state index contributed by atoms with van der Waals surface area (Å²) in [7, 11) is -4.22. The van der Waals surface area contributed by atoms with Crippen molar-refractivity contribution in [1.82, 2.24) is 14.7 Å². The maximum atomic E-state index is 12.7. The van der Waals surface area contributed by atoms with Crippen LogP contribution in [0.4, 0.5) is 11.5 Å². The molecule has 10 heteroatoms. The molecular weight excluding hydrogens is 430 g/mol. The molecule has 4 N–H and O–H groups in total. The maximum absolute atomic E-state index is 12.7. The molecule has 1 saturated heterocycles. The molecule has 0 radical (unpaired) electrons. The van der Waals surface area contributed by atoms with Crippen molar-refractivity contribution in [3.63, 3.8) is 0 Å². The summed E-state index contributed by atoms with van der Waals surface area (Å²) in [5, 5.41) is 8.27. The van der Waals surface area contributed by atoms with E-state index in [0.717, 1.165) is 57.4 Å². The van der Waals surface area contributed by atoms with Gasteiger partial charge in [0, 0.05) is 24.8 Å². The number of rotatable bonds is 8.